The molecule has 1 N–H and O–H groups in total. The first-order chi connectivity index (χ1) is 9.43. The summed E-state index contributed by atoms with van der Waals surface area (Å²) in [7, 11) is 0. The number of fused-ring (bicyclic) bond motifs is 2. The maximum atomic E-state index is 3.81. The first-order valence-electron chi connectivity index (χ1n) is 6.13. The highest BCUT2D eigenvalue weighted by molar-refractivity contribution is 5.82. The molecule has 0 aliphatic carbocycles. The summed E-state index contributed by atoms with van der Waals surface area (Å²) in [5.74, 6) is 0. The van der Waals surface area contributed by atoms with Gasteiger partial charge < -0.3 is 0 Å². The lowest BCUT2D eigenvalue weighted by atomic mass is 10.1. The van der Waals surface area contributed by atoms with Gasteiger partial charge in [0, 0.05) is 0 Å². The zero-order valence-electron chi connectivity index (χ0n) is 10.3. The standard InChI is InChI=1S/C10H8.C6H5N3/c1-2-6-10-8-4-3-7-9(10)5-1;1-2-4-6-5(3-1)7-9-8-6/h1-8H;1-4H,(H,7,8,9). The highest BCUT2D eigenvalue weighted by atomic mass is 15.3. The van der Waals surface area contributed by atoms with Crippen LogP contribution in [0.15, 0.2) is 72.8 Å². The lowest BCUT2D eigenvalue weighted by Gasteiger charge is -1.92. The second-order valence-corrected chi connectivity index (χ2v) is 4.18. The fourth-order valence-electron chi connectivity index (χ4n) is 1.92. The van der Waals surface area contributed by atoms with Gasteiger partial charge in [-0.15, -0.1) is 5.10 Å². The van der Waals surface area contributed by atoms with E-state index in [2.05, 4.69) is 63.9 Å². The lowest BCUT2D eigenvalue weighted by molar-refractivity contribution is 0.959. The van der Waals surface area contributed by atoms with Gasteiger partial charge in [-0.1, -0.05) is 65.9 Å². The van der Waals surface area contributed by atoms with Gasteiger partial charge in [-0.25, -0.2) is 0 Å². The lowest BCUT2D eigenvalue weighted by Crippen LogP contribution is -1.67. The second kappa shape index (κ2) is 5.31. The Labute approximate surface area is 110 Å². The molecule has 92 valence electrons. The summed E-state index contributed by atoms with van der Waals surface area (Å²) in [4.78, 5) is 0. The quantitative estimate of drug-likeness (QED) is 0.513. The van der Waals surface area contributed by atoms with E-state index < -0.39 is 0 Å². The average molecular weight is 247 g/mol. The number of aromatic amines is 1. The average Bonchev–Trinajstić information content (AvgIpc) is 2.96. The van der Waals surface area contributed by atoms with Gasteiger partial charge in [0.2, 0.25) is 0 Å². The van der Waals surface area contributed by atoms with E-state index in [1.165, 1.54) is 10.8 Å². The van der Waals surface area contributed by atoms with Crippen molar-refractivity contribution in [2.75, 3.05) is 0 Å². The summed E-state index contributed by atoms with van der Waals surface area (Å²) in [5, 5.41) is 12.8. The molecule has 0 bridgehead atoms. The number of benzene rings is 3. The molecule has 0 aliphatic heterocycles. The summed E-state index contributed by atoms with van der Waals surface area (Å²) in [6, 6.07) is 24.5. The number of hydrogen-bond acceptors (Lipinski definition) is 2. The van der Waals surface area contributed by atoms with Crippen LogP contribution in [0.4, 0.5) is 0 Å². The highest BCUT2D eigenvalue weighted by Gasteiger charge is 1.90. The number of nitrogens with one attached hydrogen (secondary N) is 1. The summed E-state index contributed by atoms with van der Waals surface area (Å²) < 4.78 is 0. The summed E-state index contributed by atoms with van der Waals surface area (Å²) in [6.07, 6.45) is 0. The molecule has 3 aromatic carbocycles. The van der Waals surface area contributed by atoms with Gasteiger partial charge in [0.25, 0.3) is 0 Å². The normalized spacial score (nSPS) is 10.1. The third-order valence-electron chi connectivity index (χ3n) is 2.89. The maximum absolute atomic E-state index is 3.81. The van der Waals surface area contributed by atoms with Crippen LogP contribution >= 0.6 is 0 Å². The van der Waals surface area contributed by atoms with Crippen LogP contribution in [0, 0.1) is 0 Å². The van der Waals surface area contributed by atoms with Gasteiger partial charge in [0.1, 0.15) is 5.52 Å². The molecule has 0 radical (unpaired) electrons. The molecule has 0 unspecified atom stereocenters. The molecule has 0 fully saturated rings. The maximum Gasteiger partial charge on any atom is 0.112 e. The predicted molar refractivity (Wildman–Crippen MR) is 77.8 cm³/mol. The van der Waals surface area contributed by atoms with E-state index in [0.29, 0.717) is 0 Å². The number of rotatable bonds is 0. The van der Waals surface area contributed by atoms with Crippen LogP contribution in [0.5, 0.6) is 0 Å². The van der Waals surface area contributed by atoms with Crippen molar-refractivity contribution in [3.63, 3.8) is 0 Å². The van der Waals surface area contributed by atoms with Crippen molar-refractivity contribution >= 4 is 21.8 Å². The first kappa shape index (κ1) is 11.4. The smallest absolute Gasteiger partial charge is 0.112 e. The van der Waals surface area contributed by atoms with Gasteiger partial charge in [-0.2, -0.15) is 0 Å². The van der Waals surface area contributed by atoms with Crippen molar-refractivity contribution in [3.8, 4) is 0 Å². The Hall–Kier alpha value is -2.68. The van der Waals surface area contributed by atoms with E-state index in [4.69, 9.17) is 0 Å². The van der Waals surface area contributed by atoms with Crippen molar-refractivity contribution in [1.82, 2.24) is 15.4 Å². The number of H-pyrrole nitrogens is 1. The Balaban J connectivity index is 0.000000117. The van der Waals surface area contributed by atoms with Crippen LogP contribution in [0.25, 0.3) is 21.8 Å². The molecule has 0 saturated carbocycles. The van der Waals surface area contributed by atoms with E-state index >= 15 is 0 Å². The Morgan fingerprint density at radius 1 is 0.632 bits per heavy atom. The Kier molecular flexibility index (Phi) is 3.19. The number of nitrogens with zero attached hydrogens (tertiary/aromatic N) is 2. The van der Waals surface area contributed by atoms with E-state index in [1.54, 1.807) is 0 Å². The van der Waals surface area contributed by atoms with Crippen LogP contribution in [-0.2, 0) is 0 Å². The second-order valence-electron chi connectivity index (χ2n) is 4.18. The van der Waals surface area contributed by atoms with Crippen LogP contribution in [0.3, 0.4) is 0 Å². The number of hydrogen-bond donors (Lipinski definition) is 1. The van der Waals surface area contributed by atoms with E-state index in [9.17, 15) is 0 Å². The molecule has 4 aromatic rings. The summed E-state index contributed by atoms with van der Waals surface area (Å²) >= 11 is 0. The molecule has 1 heterocycles. The van der Waals surface area contributed by atoms with Crippen LogP contribution in [-0.4, -0.2) is 15.4 Å². The third kappa shape index (κ3) is 2.60. The first-order valence-corrected chi connectivity index (χ1v) is 6.13. The fourth-order valence-corrected chi connectivity index (χ4v) is 1.92. The van der Waals surface area contributed by atoms with Gasteiger partial charge >= 0.3 is 0 Å². The van der Waals surface area contributed by atoms with Crippen LogP contribution in [0.1, 0.15) is 0 Å². The topological polar surface area (TPSA) is 41.6 Å². The number of para-hydroxylation sites is 1. The molecule has 0 amide bonds. The molecule has 1 aromatic heterocycles. The Morgan fingerprint density at radius 2 is 1.16 bits per heavy atom. The fraction of sp³-hybridized carbons (Fsp3) is 0. The number of aromatic nitrogens is 3. The van der Waals surface area contributed by atoms with Crippen LogP contribution < -0.4 is 0 Å². The molecule has 19 heavy (non-hydrogen) atoms. The minimum Gasteiger partial charge on any atom is -0.258 e. The van der Waals surface area contributed by atoms with Crippen molar-refractivity contribution in [2.24, 2.45) is 0 Å². The van der Waals surface area contributed by atoms with Crippen LogP contribution in [0.2, 0.25) is 0 Å². The predicted octanol–water partition coefficient (Wildman–Crippen LogP) is 3.80. The molecule has 0 spiro atoms. The molecular weight excluding hydrogens is 234 g/mol. The van der Waals surface area contributed by atoms with Gasteiger partial charge in [-0.05, 0) is 22.9 Å². The SMILES string of the molecule is c1ccc2[nH]nnc2c1.c1ccc2ccccc2c1. The van der Waals surface area contributed by atoms with Crippen molar-refractivity contribution in [1.29, 1.82) is 0 Å². The monoisotopic (exact) mass is 247 g/mol. The molecule has 0 saturated heterocycles. The molecule has 0 atom stereocenters. The zero-order valence-corrected chi connectivity index (χ0v) is 10.3. The van der Waals surface area contributed by atoms with Gasteiger partial charge in [0.15, 0.2) is 0 Å². The molecule has 0 aliphatic rings. The van der Waals surface area contributed by atoms with Crippen molar-refractivity contribution in [2.45, 2.75) is 0 Å². The van der Waals surface area contributed by atoms with E-state index in [1.807, 2.05) is 24.3 Å². The summed E-state index contributed by atoms with van der Waals surface area (Å²) in [6.45, 7) is 0. The molecule has 3 nitrogen and oxygen atoms in total. The molecule has 4 rings (SSSR count). The van der Waals surface area contributed by atoms with Gasteiger partial charge in [0.05, 0.1) is 5.52 Å². The highest BCUT2D eigenvalue weighted by Crippen LogP contribution is 2.11. The minimum absolute atomic E-state index is 0.914. The largest absolute Gasteiger partial charge is 0.258 e. The van der Waals surface area contributed by atoms with E-state index in [-0.39, 0.29) is 0 Å². The summed E-state index contributed by atoms with van der Waals surface area (Å²) in [5.41, 5.74) is 1.90. The van der Waals surface area contributed by atoms with Gasteiger partial charge in [-0.3, -0.25) is 5.10 Å². The Morgan fingerprint density at radius 3 is 1.74 bits per heavy atom. The minimum atomic E-state index is 0.914. The van der Waals surface area contributed by atoms with E-state index in [0.717, 1.165) is 11.0 Å². The molecule has 3 heteroatoms. The van der Waals surface area contributed by atoms with Crippen molar-refractivity contribution < 1.29 is 0 Å². The molecular formula is C16H13N3. The van der Waals surface area contributed by atoms with Crippen molar-refractivity contribution in [3.05, 3.63) is 72.8 Å². The zero-order chi connectivity index (χ0) is 12.9. The Bertz CT molecular complexity index is 694. The third-order valence-corrected chi connectivity index (χ3v) is 2.89.